The van der Waals surface area contributed by atoms with E-state index in [1.54, 1.807) is 6.07 Å². The number of non-ortho nitro benzene ring substituents is 1. The Labute approximate surface area is 162 Å². The maximum atomic E-state index is 11.8. The first kappa shape index (κ1) is 20.6. The van der Waals surface area contributed by atoms with Crippen LogP contribution >= 0.6 is 0 Å². The Morgan fingerprint density at radius 2 is 1.79 bits per heavy atom. The fourth-order valence-electron chi connectivity index (χ4n) is 2.32. The number of nitrogens with one attached hydrogen (secondary N) is 2. The Morgan fingerprint density at radius 3 is 2.43 bits per heavy atom. The number of benzene rings is 2. The van der Waals surface area contributed by atoms with Crippen molar-refractivity contribution in [3.8, 4) is 5.75 Å². The molecule has 2 aromatic carbocycles. The fourth-order valence-corrected chi connectivity index (χ4v) is 2.32. The predicted octanol–water partition coefficient (Wildman–Crippen LogP) is 2.96. The molecule has 0 aliphatic rings. The van der Waals surface area contributed by atoms with E-state index in [4.69, 9.17) is 4.74 Å². The summed E-state index contributed by atoms with van der Waals surface area (Å²) in [6, 6.07) is 13.2. The van der Waals surface area contributed by atoms with Crippen molar-refractivity contribution in [2.75, 3.05) is 6.61 Å². The van der Waals surface area contributed by atoms with Crippen molar-refractivity contribution in [3.63, 3.8) is 0 Å². The first-order valence-corrected chi connectivity index (χ1v) is 8.60. The molecule has 0 aliphatic carbocycles. The van der Waals surface area contributed by atoms with Crippen LogP contribution in [0.25, 0.3) is 6.08 Å². The molecule has 2 rings (SSSR count). The number of carbonyl (C=O) groups is 2. The second-order valence-corrected chi connectivity index (χ2v) is 6.20. The van der Waals surface area contributed by atoms with E-state index in [0.717, 1.165) is 5.56 Å². The first-order chi connectivity index (χ1) is 13.4. The van der Waals surface area contributed by atoms with Crippen molar-refractivity contribution in [2.24, 2.45) is 0 Å². The van der Waals surface area contributed by atoms with E-state index in [1.165, 1.54) is 36.4 Å². The van der Waals surface area contributed by atoms with Crippen LogP contribution in [0.5, 0.6) is 5.75 Å². The van der Waals surface area contributed by atoms with E-state index in [1.807, 2.05) is 32.0 Å². The number of carbonyl (C=O) groups excluding carboxylic acids is 2. The smallest absolute Gasteiger partial charge is 0.276 e. The van der Waals surface area contributed by atoms with Gasteiger partial charge in [0.2, 0.25) is 0 Å². The molecule has 2 aromatic rings. The fraction of sp³-hybridized carbons (Fsp3) is 0.200. The number of para-hydroxylation sites is 1. The average molecular weight is 383 g/mol. The Balaban J connectivity index is 1.79. The molecule has 0 atom stereocenters. The van der Waals surface area contributed by atoms with Crippen molar-refractivity contribution in [1.29, 1.82) is 0 Å². The number of hydrazine groups is 1. The maximum absolute atomic E-state index is 11.8. The second-order valence-electron chi connectivity index (χ2n) is 6.20. The molecule has 2 amide bonds. The summed E-state index contributed by atoms with van der Waals surface area (Å²) in [5.74, 6) is -0.175. The molecular formula is C20H21N3O5. The number of hydrogen-bond acceptors (Lipinski definition) is 5. The van der Waals surface area contributed by atoms with Crippen LogP contribution in [0.3, 0.4) is 0 Å². The number of hydrogen-bond donors (Lipinski definition) is 2. The summed E-state index contributed by atoms with van der Waals surface area (Å²) in [7, 11) is 0. The van der Waals surface area contributed by atoms with Crippen molar-refractivity contribution in [1.82, 2.24) is 10.9 Å². The molecule has 0 radical (unpaired) electrons. The van der Waals surface area contributed by atoms with E-state index in [-0.39, 0.29) is 18.2 Å². The van der Waals surface area contributed by atoms with Crippen molar-refractivity contribution >= 4 is 23.6 Å². The summed E-state index contributed by atoms with van der Waals surface area (Å²) in [6.45, 7) is 3.82. The number of ether oxygens (including phenoxy) is 1. The van der Waals surface area contributed by atoms with Gasteiger partial charge in [-0.3, -0.25) is 30.6 Å². The lowest BCUT2D eigenvalue weighted by Crippen LogP contribution is -2.43. The summed E-state index contributed by atoms with van der Waals surface area (Å²) in [4.78, 5) is 33.7. The zero-order chi connectivity index (χ0) is 20.5. The van der Waals surface area contributed by atoms with E-state index in [0.29, 0.717) is 11.3 Å². The summed E-state index contributed by atoms with van der Waals surface area (Å²) < 4.78 is 5.52. The van der Waals surface area contributed by atoms with Gasteiger partial charge in [-0.15, -0.1) is 0 Å². The number of nitro groups is 1. The highest BCUT2D eigenvalue weighted by Gasteiger charge is 2.09. The molecule has 0 bridgehead atoms. The van der Waals surface area contributed by atoms with Crippen molar-refractivity contribution in [3.05, 3.63) is 75.8 Å². The topological polar surface area (TPSA) is 111 Å². The molecule has 0 spiro atoms. The lowest BCUT2D eigenvalue weighted by atomic mass is 10.0. The molecule has 0 unspecified atom stereocenters. The highest BCUT2D eigenvalue weighted by atomic mass is 16.6. The molecule has 28 heavy (non-hydrogen) atoms. The number of rotatable bonds is 7. The van der Waals surface area contributed by atoms with Gasteiger partial charge in [-0.25, -0.2) is 0 Å². The van der Waals surface area contributed by atoms with Gasteiger partial charge in [-0.2, -0.15) is 0 Å². The average Bonchev–Trinajstić information content (AvgIpc) is 2.69. The molecule has 0 aliphatic heterocycles. The largest absolute Gasteiger partial charge is 0.483 e. The van der Waals surface area contributed by atoms with Crippen LogP contribution in [0.4, 0.5) is 5.69 Å². The third-order valence-electron chi connectivity index (χ3n) is 3.76. The number of amides is 2. The molecule has 2 N–H and O–H groups in total. The molecular weight excluding hydrogens is 362 g/mol. The van der Waals surface area contributed by atoms with Gasteiger partial charge in [-0.1, -0.05) is 32.0 Å². The van der Waals surface area contributed by atoms with Crippen LogP contribution in [0.1, 0.15) is 30.9 Å². The van der Waals surface area contributed by atoms with Crippen LogP contribution in [-0.4, -0.2) is 23.3 Å². The lowest BCUT2D eigenvalue weighted by Gasteiger charge is -2.13. The quantitative estimate of drug-likeness (QED) is 0.434. The van der Waals surface area contributed by atoms with Gasteiger partial charge in [0.1, 0.15) is 5.75 Å². The maximum Gasteiger partial charge on any atom is 0.276 e. The zero-order valence-electron chi connectivity index (χ0n) is 15.5. The van der Waals surface area contributed by atoms with Gasteiger partial charge >= 0.3 is 0 Å². The van der Waals surface area contributed by atoms with Crippen molar-refractivity contribution in [2.45, 2.75) is 19.8 Å². The second kappa shape index (κ2) is 9.86. The van der Waals surface area contributed by atoms with Crippen LogP contribution in [0.15, 0.2) is 54.6 Å². The standard InChI is InChI=1S/C20H21N3O5/c1-14(2)17-5-3-4-6-18(17)28-13-20(25)22-21-19(24)12-9-15-7-10-16(11-8-15)23(26)27/h3-12,14H,13H2,1-2H3,(H,21,24)(H,22,25)/b12-9+. The third kappa shape index (κ3) is 6.24. The Bertz CT molecular complexity index is 876. The summed E-state index contributed by atoms with van der Waals surface area (Å²) in [5, 5.41) is 10.6. The van der Waals surface area contributed by atoms with Crippen molar-refractivity contribution < 1.29 is 19.2 Å². The molecule has 8 nitrogen and oxygen atoms in total. The molecule has 0 fully saturated rings. The number of nitro benzene ring substituents is 1. The Hall–Kier alpha value is -3.68. The van der Waals surface area contributed by atoms with E-state index in [2.05, 4.69) is 10.9 Å². The normalized spacial score (nSPS) is 10.7. The van der Waals surface area contributed by atoms with Gasteiger partial charge < -0.3 is 4.74 Å². The van der Waals surface area contributed by atoms with Crippen LogP contribution in [-0.2, 0) is 9.59 Å². The van der Waals surface area contributed by atoms with E-state index < -0.39 is 16.7 Å². The predicted molar refractivity (Wildman–Crippen MR) is 104 cm³/mol. The minimum atomic E-state index is -0.547. The summed E-state index contributed by atoms with van der Waals surface area (Å²) in [6.07, 6.45) is 2.68. The van der Waals surface area contributed by atoms with Gasteiger partial charge in [0.25, 0.3) is 17.5 Å². The lowest BCUT2D eigenvalue weighted by molar-refractivity contribution is -0.384. The monoisotopic (exact) mass is 383 g/mol. The minimum Gasteiger partial charge on any atom is -0.483 e. The van der Waals surface area contributed by atoms with E-state index >= 15 is 0 Å². The van der Waals surface area contributed by atoms with Crippen LogP contribution in [0, 0.1) is 10.1 Å². The van der Waals surface area contributed by atoms with Gasteiger partial charge in [-0.05, 0) is 41.3 Å². The molecule has 0 aromatic heterocycles. The summed E-state index contributed by atoms with van der Waals surface area (Å²) in [5.41, 5.74) is 6.07. The highest BCUT2D eigenvalue weighted by Crippen LogP contribution is 2.25. The molecule has 146 valence electrons. The Kier molecular flexibility index (Phi) is 7.27. The molecule has 0 saturated carbocycles. The van der Waals surface area contributed by atoms with E-state index in [9.17, 15) is 19.7 Å². The highest BCUT2D eigenvalue weighted by molar-refractivity contribution is 5.93. The zero-order valence-corrected chi connectivity index (χ0v) is 15.5. The molecule has 0 heterocycles. The van der Waals surface area contributed by atoms with Gasteiger partial charge in [0, 0.05) is 18.2 Å². The number of nitrogens with zero attached hydrogens (tertiary/aromatic N) is 1. The van der Waals surface area contributed by atoms with Gasteiger partial charge in [0.15, 0.2) is 6.61 Å². The Morgan fingerprint density at radius 1 is 1.11 bits per heavy atom. The SMILES string of the molecule is CC(C)c1ccccc1OCC(=O)NNC(=O)/C=C/c1ccc([N+](=O)[O-])cc1. The third-order valence-corrected chi connectivity index (χ3v) is 3.76. The molecule has 8 heteroatoms. The first-order valence-electron chi connectivity index (χ1n) is 8.60. The minimum absolute atomic E-state index is 0.0343. The molecule has 0 saturated heterocycles. The summed E-state index contributed by atoms with van der Waals surface area (Å²) >= 11 is 0. The van der Waals surface area contributed by atoms with Gasteiger partial charge in [0.05, 0.1) is 4.92 Å². The van der Waals surface area contributed by atoms with Crippen LogP contribution < -0.4 is 15.6 Å². The van der Waals surface area contributed by atoms with Crippen LogP contribution in [0.2, 0.25) is 0 Å².